The van der Waals surface area contributed by atoms with Crippen LogP contribution in [0, 0.1) is 6.92 Å². The number of anilines is 1. The van der Waals surface area contributed by atoms with Crippen LogP contribution in [-0.2, 0) is 16.0 Å². The molecule has 1 unspecified atom stereocenters. The molecule has 0 bridgehead atoms. The molecule has 14 heteroatoms. The van der Waals surface area contributed by atoms with Gasteiger partial charge in [-0.05, 0) is 44.2 Å². The Morgan fingerprint density at radius 2 is 1.90 bits per heavy atom. The van der Waals surface area contributed by atoms with Gasteiger partial charge in [-0.3, -0.25) is 14.4 Å². The third-order valence-corrected chi connectivity index (χ3v) is 5.61. The first-order valence-corrected chi connectivity index (χ1v) is 12.2. The molecule has 0 aliphatic rings. The van der Waals surface area contributed by atoms with Gasteiger partial charge in [0.25, 0.3) is 0 Å². The van der Waals surface area contributed by atoms with E-state index in [0.717, 1.165) is 5.56 Å². The lowest BCUT2D eigenvalue weighted by atomic mass is 10.1. The molecule has 2 aromatic heterocycles. The smallest absolute Gasteiger partial charge is 0.422 e. The van der Waals surface area contributed by atoms with Gasteiger partial charge in [0.1, 0.15) is 23.7 Å². The van der Waals surface area contributed by atoms with Gasteiger partial charge < -0.3 is 25.8 Å². The van der Waals surface area contributed by atoms with Crippen molar-refractivity contribution < 1.29 is 37.0 Å². The Morgan fingerprint density at radius 3 is 2.50 bits per heavy atom. The minimum atomic E-state index is -4.45. The number of likely N-dealkylation sites (N-methyl/N-ethyl adjacent to an activating group) is 1. The lowest BCUT2D eigenvalue weighted by Gasteiger charge is -2.16. The van der Waals surface area contributed by atoms with Crippen LogP contribution in [0.4, 0.5) is 19.0 Å². The first-order valence-electron chi connectivity index (χ1n) is 12.2. The van der Waals surface area contributed by atoms with Crippen molar-refractivity contribution >= 4 is 23.9 Å². The SMILES string of the molecule is CNC(CCOc1cccc(OCC(F)(F)F)c1)Cc1nn(-c2ccc(C)cn2)c(NC(=O)CC(N)=O)c1C=O. The molecule has 1 atom stereocenters. The van der Waals surface area contributed by atoms with Gasteiger partial charge >= 0.3 is 6.18 Å². The van der Waals surface area contributed by atoms with E-state index < -0.39 is 31.0 Å². The van der Waals surface area contributed by atoms with Crippen molar-refractivity contribution in [3.8, 4) is 17.3 Å². The molecule has 40 heavy (non-hydrogen) atoms. The number of aryl methyl sites for hydroxylation is 1. The molecule has 214 valence electrons. The fourth-order valence-electron chi connectivity index (χ4n) is 3.68. The van der Waals surface area contributed by atoms with Crippen molar-refractivity contribution in [1.29, 1.82) is 0 Å². The zero-order valence-electron chi connectivity index (χ0n) is 21.8. The summed E-state index contributed by atoms with van der Waals surface area (Å²) in [5.74, 6) is -0.803. The number of hydrogen-bond acceptors (Lipinski definition) is 8. The maximum atomic E-state index is 12.4. The summed E-state index contributed by atoms with van der Waals surface area (Å²) in [6.45, 7) is 0.628. The molecule has 0 aliphatic carbocycles. The number of carbonyl (C=O) groups excluding carboxylic acids is 3. The summed E-state index contributed by atoms with van der Waals surface area (Å²) in [6.07, 6.45) is -2.20. The molecule has 0 saturated carbocycles. The highest BCUT2D eigenvalue weighted by Crippen LogP contribution is 2.25. The summed E-state index contributed by atoms with van der Waals surface area (Å²) in [6, 6.07) is 9.09. The van der Waals surface area contributed by atoms with Crippen LogP contribution in [0.15, 0.2) is 42.6 Å². The van der Waals surface area contributed by atoms with Crippen molar-refractivity contribution in [3.05, 3.63) is 59.4 Å². The highest BCUT2D eigenvalue weighted by molar-refractivity contribution is 6.04. The summed E-state index contributed by atoms with van der Waals surface area (Å²) in [7, 11) is 1.71. The number of aromatic nitrogens is 3. The number of nitrogens with two attached hydrogens (primary N) is 1. The molecule has 0 spiro atoms. The predicted octanol–water partition coefficient (Wildman–Crippen LogP) is 2.74. The molecule has 4 N–H and O–H groups in total. The summed E-state index contributed by atoms with van der Waals surface area (Å²) < 4.78 is 49.0. The van der Waals surface area contributed by atoms with Gasteiger partial charge in [0.05, 0.1) is 17.9 Å². The number of hydrogen-bond donors (Lipinski definition) is 3. The number of primary amides is 1. The van der Waals surface area contributed by atoms with Crippen LogP contribution in [0.2, 0.25) is 0 Å². The lowest BCUT2D eigenvalue weighted by molar-refractivity contribution is -0.153. The molecule has 3 aromatic rings. The van der Waals surface area contributed by atoms with Gasteiger partial charge in [0.15, 0.2) is 18.7 Å². The molecule has 0 fully saturated rings. The molecular weight excluding hydrogens is 533 g/mol. The Hall–Kier alpha value is -4.46. The number of benzene rings is 1. The van der Waals surface area contributed by atoms with Crippen molar-refractivity contribution in [1.82, 2.24) is 20.1 Å². The molecule has 0 saturated heterocycles. The van der Waals surface area contributed by atoms with Crippen molar-refractivity contribution in [2.75, 3.05) is 25.6 Å². The monoisotopic (exact) mass is 562 g/mol. The first-order chi connectivity index (χ1) is 19.0. The summed E-state index contributed by atoms with van der Waals surface area (Å²) in [4.78, 5) is 40.0. The van der Waals surface area contributed by atoms with Crippen LogP contribution in [0.25, 0.3) is 5.82 Å². The summed E-state index contributed by atoms with van der Waals surface area (Å²) in [5, 5.41) is 10.2. The average Bonchev–Trinajstić information content (AvgIpc) is 3.23. The number of halogens is 3. The standard InChI is InChI=1S/C26H29F3N6O5/c1-16-6-7-23(32-13-16)35-25(33-24(38)12-22(30)37)20(14-36)21(34-35)10-17(31-2)8-9-39-18-4-3-5-19(11-18)40-15-26(27,28)29/h3-7,11,13-14,17,31H,8-10,12,15H2,1-2H3,(H2,30,37)(H,33,38). The molecule has 3 rings (SSSR count). The summed E-state index contributed by atoms with van der Waals surface area (Å²) in [5.41, 5.74) is 6.48. The van der Waals surface area contributed by atoms with Gasteiger partial charge in [-0.25, -0.2) is 4.98 Å². The molecule has 0 radical (unpaired) electrons. The van der Waals surface area contributed by atoms with Gasteiger partial charge in [-0.2, -0.15) is 23.0 Å². The predicted molar refractivity (Wildman–Crippen MR) is 139 cm³/mol. The second kappa shape index (κ2) is 13.6. The topological polar surface area (TPSA) is 150 Å². The van der Waals surface area contributed by atoms with E-state index in [0.29, 0.717) is 30.0 Å². The summed E-state index contributed by atoms with van der Waals surface area (Å²) >= 11 is 0. The second-order valence-corrected chi connectivity index (χ2v) is 8.83. The van der Waals surface area contributed by atoms with E-state index in [1.165, 1.54) is 22.9 Å². The number of pyridine rings is 1. The largest absolute Gasteiger partial charge is 0.493 e. The zero-order chi connectivity index (χ0) is 29.3. The van der Waals surface area contributed by atoms with Crippen LogP contribution in [0.1, 0.15) is 34.5 Å². The molecule has 1 aromatic carbocycles. The van der Waals surface area contributed by atoms with Crippen molar-refractivity contribution in [2.24, 2.45) is 5.73 Å². The zero-order valence-corrected chi connectivity index (χ0v) is 21.8. The minimum Gasteiger partial charge on any atom is -0.493 e. The lowest BCUT2D eigenvalue weighted by Crippen LogP contribution is -2.30. The van der Waals surface area contributed by atoms with E-state index in [-0.39, 0.29) is 36.2 Å². The third kappa shape index (κ3) is 8.80. The van der Waals surface area contributed by atoms with Gasteiger partial charge in [0.2, 0.25) is 11.8 Å². The number of nitrogens with one attached hydrogen (secondary N) is 2. The molecule has 2 heterocycles. The number of ether oxygens (including phenoxy) is 2. The minimum absolute atomic E-state index is 0.0248. The van der Waals surface area contributed by atoms with E-state index in [9.17, 15) is 27.6 Å². The van der Waals surface area contributed by atoms with E-state index in [1.807, 2.05) is 6.92 Å². The number of amides is 2. The maximum Gasteiger partial charge on any atom is 0.422 e. The second-order valence-electron chi connectivity index (χ2n) is 8.83. The Bertz CT molecular complexity index is 1330. The Labute approximate surface area is 227 Å². The van der Waals surface area contributed by atoms with Crippen LogP contribution in [-0.4, -0.2) is 65.3 Å². The normalized spacial score (nSPS) is 12.0. The number of nitrogens with zero attached hydrogens (tertiary/aromatic N) is 3. The van der Waals surface area contributed by atoms with Crippen LogP contribution in [0.5, 0.6) is 11.5 Å². The number of alkyl halides is 3. The van der Waals surface area contributed by atoms with Crippen LogP contribution in [0.3, 0.4) is 0 Å². The van der Waals surface area contributed by atoms with Crippen molar-refractivity contribution in [2.45, 2.75) is 38.4 Å². The maximum absolute atomic E-state index is 12.4. The van der Waals surface area contributed by atoms with E-state index in [2.05, 4.69) is 20.7 Å². The fraction of sp³-hybridized carbons (Fsp3) is 0.346. The number of carbonyl (C=O) groups is 3. The Morgan fingerprint density at radius 1 is 1.18 bits per heavy atom. The molecule has 0 aliphatic heterocycles. The van der Waals surface area contributed by atoms with Gasteiger partial charge in [-0.15, -0.1) is 0 Å². The Kier molecular flexibility index (Phi) is 10.2. The number of aldehydes is 1. The van der Waals surface area contributed by atoms with E-state index >= 15 is 0 Å². The quantitative estimate of drug-likeness (QED) is 0.201. The van der Waals surface area contributed by atoms with E-state index in [4.69, 9.17) is 15.2 Å². The molecule has 11 nitrogen and oxygen atoms in total. The highest BCUT2D eigenvalue weighted by Gasteiger charge is 2.28. The van der Waals surface area contributed by atoms with Crippen LogP contribution >= 0.6 is 0 Å². The van der Waals surface area contributed by atoms with Gasteiger partial charge in [-0.1, -0.05) is 12.1 Å². The highest BCUT2D eigenvalue weighted by atomic mass is 19.4. The molecular formula is C26H29F3N6O5. The molecule has 2 amide bonds. The average molecular weight is 563 g/mol. The Balaban J connectivity index is 1.75. The fourth-order valence-corrected chi connectivity index (χ4v) is 3.68. The number of rotatable bonds is 14. The van der Waals surface area contributed by atoms with E-state index in [1.54, 1.807) is 31.4 Å². The first kappa shape index (κ1) is 30.1. The van der Waals surface area contributed by atoms with Crippen LogP contribution < -0.4 is 25.8 Å². The van der Waals surface area contributed by atoms with Crippen molar-refractivity contribution in [3.63, 3.8) is 0 Å². The van der Waals surface area contributed by atoms with Gasteiger partial charge in [0, 0.05) is 24.7 Å². The third-order valence-electron chi connectivity index (χ3n) is 5.61.